The smallest absolute Gasteiger partial charge is 0.323 e. The van der Waals surface area contributed by atoms with Crippen LogP contribution in [0.2, 0.25) is 5.02 Å². The van der Waals surface area contributed by atoms with Gasteiger partial charge < -0.3 is 20.9 Å². The van der Waals surface area contributed by atoms with E-state index in [2.05, 4.69) is 25.9 Å². The standard InChI is InChI=1S/C20H21ClN6O/c1-13-22-18(12-19(23-13)27(2)3)24-14-8-10-15(11-9-14)25-20(28)26-17-7-5-4-6-16(17)21/h4-12H,1-3H3,(H,22,23,24)(H2,25,26,28). The molecule has 0 unspecified atom stereocenters. The van der Waals surface area contributed by atoms with Gasteiger partial charge in [-0.3, -0.25) is 0 Å². The summed E-state index contributed by atoms with van der Waals surface area (Å²) in [6.07, 6.45) is 0. The SMILES string of the molecule is Cc1nc(Nc2ccc(NC(=O)Nc3ccccc3Cl)cc2)cc(N(C)C)n1. The van der Waals surface area contributed by atoms with Gasteiger partial charge in [-0.1, -0.05) is 23.7 Å². The molecule has 3 N–H and O–H groups in total. The fourth-order valence-electron chi connectivity index (χ4n) is 2.48. The molecule has 0 saturated carbocycles. The molecule has 1 heterocycles. The van der Waals surface area contributed by atoms with Crippen LogP contribution in [-0.4, -0.2) is 30.1 Å². The number of aryl methyl sites for hydroxylation is 1. The Morgan fingerprint density at radius 2 is 1.64 bits per heavy atom. The molecule has 8 heteroatoms. The molecular weight excluding hydrogens is 376 g/mol. The number of halogens is 1. The average Bonchev–Trinajstić information content (AvgIpc) is 2.65. The first-order valence-corrected chi connectivity index (χ1v) is 9.01. The van der Waals surface area contributed by atoms with E-state index in [-0.39, 0.29) is 6.03 Å². The van der Waals surface area contributed by atoms with Crippen LogP contribution in [0.1, 0.15) is 5.82 Å². The van der Waals surface area contributed by atoms with Crippen LogP contribution in [0.25, 0.3) is 0 Å². The molecule has 28 heavy (non-hydrogen) atoms. The lowest BCUT2D eigenvalue weighted by molar-refractivity contribution is 0.262. The number of urea groups is 1. The Labute approximate surface area is 168 Å². The van der Waals surface area contributed by atoms with Crippen LogP contribution in [0, 0.1) is 6.92 Å². The predicted molar refractivity (Wildman–Crippen MR) is 115 cm³/mol. The molecule has 0 bridgehead atoms. The molecule has 144 valence electrons. The van der Waals surface area contributed by atoms with Gasteiger partial charge in [-0.05, 0) is 43.3 Å². The number of amides is 2. The van der Waals surface area contributed by atoms with Crippen LogP contribution < -0.4 is 20.9 Å². The number of hydrogen-bond donors (Lipinski definition) is 3. The van der Waals surface area contributed by atoms with Gasteiger partial charge in [0.15, 0.2) is 0 Å². The molecule has 2 aromatic carbocycles. The van der Waals surface area contributed by atoms with Gasteiger partial charge in [0.25, 0.3) is 0 Å². The number of anilines is 5. The molecule has 0 fully saturated rings. The summed E-state index contributed by atoms with van der Waals surface area (Å²) in [6.45, 7) is 1.85. The Balaban J connectivity index is 1.64. The molecule has 0 saturated heterocycles. The number of benzene rings is 2. The Hall–Kier alpha value is -3.32. The van der Waals surface area contributed by atoms with E-state index in [9.17, 15) is 4.79 Å². The minimum absolute atomic E-state index is 0.365. The van der Waals surface area contributed by atoms with Gasteiger partial charge in [0, 0.05) is 31.5 Å². The maximum Gasteiger partial charge on any atom is 0.323 e. The number of para-hydroxylation sites is 1. The molecular formula is C20H21ClN6O. The van der Waals surface area contributed by atoms with E-state index in [1.807, 2.05) is 44.1 Å². The summed E-state index contributed by atoms with van der Waals surface area (Å²) in [5, 5.41) is 9.22. The lowest BCUT2D eigenvalue weighted by Crippen LogP contribution is -2.19. The average molecular weight is 397 g/mol. The molecule has 0 radical (unpaired) electrons. The van der Waals surface area contributed by atoms with Crippen molar-refractivity contribution in [3.05, 3.63) is 65.4 Å². The zero-order valence-corrected chi connectivity index (χ0v) is 16.6. The summed E-state index contributed by atoms with van der Waals surface area (Å²) in [7, 11) is 3.86. The van der Waals surface area contributed by atoms with E-state index in [1.54, 1.807) is 36.4 Å². The van der Waals surface area contributed by atoms with Crippen LogP contribution in [-0.2, 0) is 0 Å². The van der Waals surface area contributed by atoms with Crippen LogP contribution in [0.15, 0.2) is 54.6 Å². The van der Waals surface area contributed by atoms with E-state index in [1.165, 1.54) is 0 Å². The third-order valence-corrected chi connectivity index (χ3v) is 4.15. The van der Waals surface area contributed by atoms with Crippen molar-refractivity contribution < 1.29 is 4.79 Å². The van der Waals surface area contributed by atoms with Crippen molar-refractivity contribution in [1.29, 1.82) is 0 Å². The second kappa shape index (κ2) is 8.58. The van der Waals surface area contributed by atoms with Crippen molar-refractivity contribution in [3.8, 4) is 0 Å². The van der Waals surface area contributed by atoms with Crippen molar-refractivity contribution in [3.63, 3.8) is 0 Å². The first kappa shape index (κ1) is 19.4. The predicted octanol–water partition coefficient (Wildman–Crippen LogP) is 4.89. The highest BCUT2D eigenvalue weighted by Crippen LogP contribution is 2.22. The quantitative estimate of drug-likeness (QED) is 0.571. The maximum atomic E-state index is 12.1. The van der Waals surface area contributed by atoms with Crippen molar-refractivity contribution in [2.45, 2.75) is 6.92 Å². The van der Waals surface area contributed by atoms with Crippen LogP contribution in [0.5, 0.6) is 0 Å². The fraction of sp³-hybridized carbons (Fsp3) is 0.150. The molecule has 3 aromatic rings. The Morgan fingerprint density at radius 3 is 2.32 bits per heavy atom. The first-order valence-electron chi connectivity index (χ1n) is 8.63. The summed E-state index contributed by atoms with van der Waals surface area (Å²) in [5.41, 5.74) is 2.05. The van der Waals surface area contributed by atoms with Crippen molar-refractivity contribution in [1.82, 2.24) is 9.97 Å². The van der Waals surface area contributed by atoms with Gasteiger partial charge >= 0.3 is 6.03 Å². The van der Waals surface area contributed by atoms with Gasteiger partial charge in [-0.15, -0.1) is 0 Å². The maximum absolute atomic E-state index is 12.1. The number of rotatable bonds is 5. The Kier molecular flexibility index (Phi) is 5.96. The summed E-state index contributed by atoms with van der Waals surface area (Å²) < 4.78 is 0. The highest BCUT2D eigenvalue weighted by atomic mass is 35.5. The summed E-state index contributed by atoms with van der Waals surface area (Å²) >= 11 is 6.05. The van der Waals surface area contributed by atoms with Gasteiger partial charge in [0.05, 0.1) is 10.7 Å². The number of carbonyl (C=O) groups is 1. The third kappa shape index (κ3) is 5.11. The van der Waals surface area contributed by atoms with E-state index in [0.29, 0.717) is 28.0 Å². The molecule has 3 rings (SSSR count). The minimum Gasteiger partial charge on any atom is -0.363 e. The molecule has 0 aliphatic rings. The largest absolute Gasteiger partial charge is 0.363 e. The number of hydrogen-bond acceptors (Lipinski definition) is 5. The zero-order chi connectivity index (χ0) is 20.1. The highest BCUT2D eigenvalue weighted by molar-refractivity contribution is 6.33. The molecule has 0 atom stereocenters. The number of aromatic nitrogens is 2. The van der Waals surface area contributed by atoms with Gasteiger partial charge in [-0.25, -0.2) is 14.8 Å². The van der Waals surface area contributed by atoms with E-state index >= 15 is 0 Å². The van der Waals surface area contributed by atoms with Crippen LogP contribution in [0.3, 0.4) is 0 Å². The third-order valence-electron chi connectivity index (χ3n) is 3.82. The second-order valence-electron chi connectivity index (χ2n) is 6.31. The van der Waals surface area contributed by atoms with E-state index in [4.69, 9.17) is 11.6 Å². The van der Waals surface area contributed by atoms with E-state index < -0.39 is 0 Å². The molecule has 0 aliphatic carbocycles. The lowest BCUT2D eigenvalue weighted by atomic mass is 10.2. The van der Waals surface area contributed by atoms with Crippen molar-refractivity contribution in [2.24, 2.45) is 0 Å². The van der Waals surface area contributed by atoms with Gasteiger partial charge in [-0.2, -0.15) is 0 Å². The monoisotopic (exact) mass is 396 g/mol. The Morgan fingerprint density at radius 1 is 0.964 bits per heavy atom. The molecule has 1 aromatic heterocycles. The lowest BCUT2D eigenvalue weighted by Gasteiger charge is -2.14. The van der Waals surface area contributed by atoms with Gasteiger partial charge in [0.2, 0.25) is 0 Å². The summed E-state index contributed by atoms with van der Waals surface area (Å²) in [4.78, 5) is 22.8. The van der Waals surface area contributed by atoms with Crippen molar-refractivity contribution in [2.75, 3.05) is 34.9 Å². The minimum atomic E-state index is -0.365. The molecule has 0 aliphatic heterocycles. The van der Waals surface area contributed by atoms with Crippen molar-refractivity contribution >= 4 is 46.3 Å². The number of carbonyl (C=O) groups excluding carboxylic acids is 1. The van der Waals surface area contributed by atoms with Gasteiger partial charge in [0.1, 0.15) is 17.5 Å². The molecule has 7 nitrogen and oxygen atoms in total. The van der Waals surface area contributed by atoms with Crippen LogP contribution in [0.4, 0.5) is 33.5 Å². The topological polar surface area (TPSA) is 82.2 Å². The molecule has 0 spiro atoms. The summed E-state index contributed by atoms with van der Waals surface area (Å²) in [5.74, 6) is 2.21. The second-order valence-corrected chi connectivity index (χ2v) is 6.72. The zero-order valence-electron chi connectivity index (χ0n) is 15.8. The highest BCUT2D eigenvalue weighted by Gasteiger charge is 2.07. The summed E-state index contributed by atoms with van der Waals surface area (Å²) in [6, 6.07) is 15.9. The molecule has 2 amide bonds. The Bertz CT molecular complexity index is 975. The normalized spacial score (nSPS) is 10.3. The van der Waals surface area contributed by atoms with Crippen LogP contribution >= 0.6 is 11.6 Å². The van der Waals surface area contributed by atoms with E-state index in [0.717, 1.165) is 11.5 Å². The first-order chi connectivity index (χ1) is 13.4. The number of nitrogens with one attached hydrogen (secondary N) is 3. The fourth-order valence-corrected chi connectivity index (χ4v) is 2.66. The number of nitrogens with zero attached hydrogens (tertiary/aromatic N) is 3.